The third kappa shape index (κ3) is 5.73. The van der Waals surface area contributed by atoms with Gasteiger partial charge in [-0.3, -0.25) is 4.79 Å². The number of fused-ring (bicyclic) bond motifs is 2. The van der Waals surface area contributed by atoms with Gasteiger partial charge in [-0.25, -0.2) is 9.78 Å². The van der Waals surface area contributed by atoms with Crippen molar-refractivity contribution in [1.82, 2.24) is 9.66 Å². The summed E-state index contributed by atoms with van der Waals surface area (Å²) in [7, 11) is 1.58. The van der Waals surface area contributed by atoms with E-state index in [-0.39, 0.29) is 18.0 Å². The molecule has 10 nitrogen and oxygen atoms in total. The standard InChI is InChI=1S/C31H28BrN3O7/c1-5-39-26-15-19(14-22(32)28(26)41-18(3)31(37)40-6-2)17-33-35-29(34-23-11-8-7-10-20(23)30(35)36)27-16-21-24(38-4)12-9-13-25(21)42-27/h7-18H,5-6H2,1-4H3/t18-/m1/s1. The molecule has 0 bridgehead atoms. The van der Waals surface area contributed by atoms with Gasteiger partial charge in [0, 0.05) is 0 Å². The molecule has 42 heavy (non-hydrogen) atoms. The quantitative estimate of drug-likeness (QED) is 0.132. The maximum absolute atomic E-state index is 13.7. The number of halogens is 1. The summed E-state index contributed by atoms with van der Waals surface area (Å²) < 4.78 is 30.0. The monoisotopic (exact) mass is 633 g/mol. The molecule has 2 heterocycles. The first kappa shape index (κ1) is 28.9. The third-order valence-corrected chi connectivity index (χ3v) is 6.87. The summed E-state index contributed by atoms with van der Waals surface area (Å²) in [6.07, 6.45) is 0.656. The van der Waals surface area contributed by atoms with Gasteiger partial charge >= 0.3 is 5.97 Å². The molecule has 0 saturated carbocycles. The molecular weight excluding hydrogens is 606 g/mol. The number of hydrogen-bond acceptors (Lipinski definition) is 9. The van der Waals surface area contributed by atoms with Crippen LogP contribution in [0.4, 0.5) is 0 Å². The van der Waals surface area contributed by atoms with Crippen LogP contribution in [0, 0.1) is 0 Å². The average molecular weight is 634 g/mol. The largest absolute Gasteiger partial charge is 0.496 e. The minimum absolute atomic E-state index is 0.223. The Bertz CT molecular complexity index is 1860. The molecule has 5 rings (SSSR count). The van der Waals surface area contributed by atoms with Crippen LogP contribution in [0.2, 0.25) is 0 Å². The Kier molecular flexibility index (Phi) is 8.58. The first-order chi connectivity index (χ1) is 20.3. The van der Waals surface area contributed by atoms with Crippen molar-refractivity contribution >= 4 is 50.0 Å². The van der Waals surface area contributed by atoms with Crippen LogP contribution in [-0.4, -0.2) is 48.3 Å². The Morgan fingerprint density at radius 1 is 1.07 bits per heavy atom. The van der Waals surface area contributed by atoms with E-state index in [0.717, 1.165) is 5.39 Å². The Morgan fingerprint density at radius 2 is 1.88 bits per heavy atom. The number of nitrogens with zero attached hydrogens (tertiary/aromatic N) is 3. The highest BCUT2D eigenvalue weighted by Crippen LogP contribution is 2.38. The van der Waals surface area contributed by atoms with Gasteiger partial charge in [0.1, 0.15) is 11.3 Å². The second kappa shape index (κ2) is 12.5. The van der Waals surface area contributed by atoms with E-state index in [1.807, 2.05) is 31.2 Å². The van der Waals surface area contributed by atoms with E-state index in [1.54, 1.807) is 57.4 Å². The number of esters is 1. The second-order valence-electron chi connectivity index (χ2n) is 9.07. The molecule has 1 atom stereocenters. The molecule has 2 aromatic heterocycles. The summed E-state index contributed by atoms with van der Waals surface area (Å²) in [5.41, 5.74) is 1.32. The van der Waals surface area contributed by atoms with Gasteiger partial charge in [0.15, 0.2) is 23.4 Å². The summed E-state index contributed by atoms with van der Waals surface area (Å²) in [4.78, 5) is 30.5. The van der Waals surface area contributed by atoms with Crippen LogP contribution in [0.3, 0.4) is 0 Å². The molecule has 0 aliphatic carbocycles. The van der Waals surface area contributed by atoms with Crippen LogP contribution in [0.5, 0.6) is 17.2 Å². The lowest BCUT2D eigenvalue weighted by Crippen LogP contribution is -2.26. The minimum atomic E-state index is -0.854. The fourth-order valence-electron chi connectivity index (χ4n) is 4.36. The van der Waals surface area contributed by atoms with Crippen molar-refractivity contribution in [1.29, 1.82) is 0 Å². The topological polar surface area (TPSA) is 114 Å². The highest BCUT2D eigenvalue weighted by atomic mass is 79.9. The number of furan rings is 1. The molecule has 11 heteroatoms. The Balaban J connectivity index is 1.60. The van der Waals surface area contributed by atoms with Crippen LogP contribution in [0.15, 0.2) is 79.4 Å². The van der Waals surface area contributed by atoms with Crippen molar-refractivity contribution in [2.24, 2.45) is 5.10 Å². The second-order valence-corrected chi connectivity index (χ2v) is 9.93. The molecular formula is C31H28BrN3O7. The van der Waals surface area contributed by atoms with Gasteiger partial charge in [-0.15, -0.1) is 0 Å². The number of rotatable bonds is 10. The van der Waals surface area contributed by atoms with Crippen molar-refractivity contribution in [3.63, 3.8) is 0 Å². The molecule has 0 spiro atoms. The Morgan fingerprint density at radius 3 is 2.64 bits per heavy atom. The third-order valence-electron chi connectivity index (χ3n) is 6.28. The number of methoxy groups -OCH3 is 1. The summed E-state index contributed by atoms with van der Waals surface area (Å²) >= 11 is 3.52. The summed E-state index contributed by atoms with van der Waals surface area (Å²) in [5.74, 6) is 1.45. The normalized spacial score (nSPS) is 12.1. The predicted molar refractivity (Wildman–Crippen MR) is 163 cm³/mol. The van der Waals surface area contributed by atoms with Crippen molar-refractivity contribution < 1.29 is 28.2 Å². The predicted octanol–water partition coefficient (Wildman–Crippen LogP) is 6.19. The van der Waals surface area contributed by atoms with Crippen molar-refractivity contribution in [3.8, 4) is 28.8 Å². The van der Waals surface area contributed by atoms with Gasteiger partial charge in [0.2, 0.25) is 5.82 Å². The van der Waals surface area contributed by atoms with Gasteiger partial charge in [-0.05, 0) is 84.7 Å². The Labute approximate surface area is 249 Å². The van der Waals surface area contributed by atoms with Crippen LogP contribution in [0.1, 0.15) is 26.3 Å². The van der Waals surface area contributed by atoms with Crippen LogP contribution in [0.25, 0.3) is 33.5 Å². The summed E-state index contributed by atoms with van der Waals surface area (Å²) in [6, 6.07) is 17.7. The Hall–Kier alpha value is -4.64. The molecule has 0 amide bonds. The molecule has 0 saturated heterocycles. The molecule has 5 aromatic rings. The molecule has 0 fully saturated rings. The van der Waals surface area contributed by atoms with Gasteiger partial charge in [0.25, 0.3) is 5.56 Å². The first-order valence-corrected chi connectivity index (χ1v) is 14.1. The first-order valence-electron chi connectivity index (χ1n) is 13.3. The number of hydrogen-bond donors (Lipinski definition) is 0. The molecule has 0 unspecified atom stereocenters. The van der Waals surface area contributed by atoms with Crippen LogP contribution >= 0.6 is 15.9 Å². The zero-order chi connectivity index (χ0) is 29.8. The van der Waals surface area contributed by atoms with Gasteiger partial charge < -0.3 is 23.4 Å². The molecule has 0 aliphatic rings. The number of aromatic nitrogens is 2. The van der Waals surface area contributed by atoms with Crippen molar-refractivity contribution in [3.05, 3.63) is 81.1 Å². The highest BCUT2D eigenvalue weighted by Gasteiger charge is 2.21. The maximum Gasteiger partial charge on any atom is 0.347 e. The molecule has 3 aromatic carbocycles. The van der Waals surface area contributed by atoms with E-state index in [1.165, 1.54) is 10.9 Å². The molecule has 0 radical (unpaired) electrons. The van der Waals surface area contributed by atoms with E-state index in [4.69, 9.17) is 28.3 Å². The van der Waals surface area contributed by atoms with E-state index < -0.39 is 12.1 Å². The lowest BCUT2D eigenvalue weighted by Gasteiger charge is -2.18. The molecule has 0 aliphatic heterocycles. The number of carbonyl (C=O) groups excluding carboxylic acids is 1. The fraction of sp³-hybridized carbons (Fsp3) is 0.226. The van der Waals surface area contributed by atoms with E-state index in [2.05, 4.69) is 21.0 Å². The summed E-state index contributed by atoms with van der Waals surface area (Å²) in [5, 5.41) is 5.68. The van der Waals surface area contributed by atoms with Crippen LogP contribution < -0.4 is 19.8 Å². The zero-order valence-corrected chi connectivity index (χ0v) is 25.0. The van der Waals surface area contributed by atoms with Crippen LogP contribution in [-0.2, 0) is 9.53 Å². The number of para-hydroxylation sites is 1. The summed E-state index contributed by atoms with van der Waals surface area (Å²) in [6.45, 7) is 5.76. The van der Waals surface area contributed by atoms with Gasteiger partial charge in [-0.1, -0.05) is 18.2 Å². The van der Waals surface area contributed by atoms with Gasteiger partial charge in [-0.2, -0.15) is 9.78 Å². The number of carbonyl (C=O) groups is 1. The van der Waals surface area contributed by atoms with E-state index >= 15 is 0 Å². The lowest BCUT2D eigenvalue weighted by atomic mass is 10.2. The highest BCUT2D eigenvalue weighted by molar-refractivity contribution is 9.10. The van der Waals surface area contributed by atoms with Gasteiger partial charge in [0.05, 0.1) is 47.3 Å². The van der Waals surface area contributed by atoms with E-state index in [0.29, 0.717) is 56.1 Å². The molecule has 216 valence electrons. The average Bonchev–Trinajstić information content (AvgIpc) is 3.43. The number of benzene rings is 3. The molecule has 0 N–H and O–H groups in total. The zero-order valence-electron chi connectivity index (χ0n) is 23.4. The fourth-order valence-corrected chi connectivity index (χ4v) is 4.91. The van der Waals surface area contributed by atoms with Crippen molar-refractivity contribution in [2.75, 3.05) is 20.3 Å². The minimum Gasteiger partial charge on any atom is -0.496 e. The number of ether oxygens (including phenoxy) is 4. The SMILES string of the molecule is CCOC(=O)[C@@H](C)Oc1c(Br)cc(C=Nn2c(-c3cc4c(OC)cccc4o3)nc3ccccc3c2=O)cc1OCC. The maximum atomic E-state index is 13.7. The van der Waals surface area contributed by atoms with Crippen molar-refractivity contribution in [2.45, 2.75) is 26.9 Å². The smallest absolute Gasteiger partial charge is 0.347 e. The van der Waals surface area contributed by atoms with E-state index in [9.17, 15) is 9.59 Å². The lowest BCUT2D eigenvalue weighted by molar-refractivity contribution is -0.150.